The molecule has 0 saturated heterocycles. The predicted octanol–water partition coefficient (Wildman–Crippen LogP) is -0.842. The standard InChI is InChI=1S/C20H26N2O6S.Na/c23-19(24)6-4-2-1-3-5-18-14-7-8-15(13-14)20(18)21-29(27,28)17-11-9-16(10-12-17)22(25)26;/h1,3,9-12,14-15,18,20-21H,2,4-8,13H2,(H,23,24);/q;+1/p-1/b3-1-;/t14-,15?,18+,20+;/m1./s1. The van der Waals surface area contributed by atoms with Gasteiger partial charge in [0.2, 0.25) is 10.0 Å². The van der Waals surface area contributed by atoms with Gasteiger partial charge in [0.1, 0.15) is 0 Å². The Morgan fingerprint density at radius 3 is 2.47 bits per heavy atom. The third-order valence-electron chi connectivity index (χ3n) is 6.06. The molecule has 2 bridgehead atoms. The number of carbonyl (C=O) groups is 1. The quantitative estimate of drug-likeness (QED) is 0.165. The van der Waals surface area contributed by atoms with E-state index in [0.29, 0.717) is 24.7 Å². The summed E-state index contributed by atoms with van der Waals surface area (Å²) in [6.45, 7) is 0. The number of nitrogens with zero attached hydrogens (tertiary/aromatic N) is 1. The zero-order valence-corrected chi connectivity index (χ0v) is 19.8. The Morgan fingerprint density at radius 2 is 1.83 bits per heavy atom. The molecule has 0 aromatic heterocycles. The van der Waals surface area contributed by atoms with Crippen molar-refractivity contribution in [2.24, 2.45) is 17.8 Å². The summed E-state index contributed by atoms with van der Waals surface area (Å²) in [5, 5.41) is 21.2. The van der Waals surface area contributed by atoms with Crippen molar-refractivity contribution in [3.63, 3.8) is 0 Å². The van der Waals surface area contributed by atoms with Gasteiger partial charge in [-0.3, -0.25) is 10.1 Å². The van der Waals surface area contributed by atoms with E-state index < -0.39 is 20.9 Å². The average molecular weight is 444 g/mol. The first-order valence-corrected chi connectivity index (χ1v) is 11.4. The summed E-state index contributed by atoms with van der Waals surface area (Å²) in [7, 11) is -3.76. The van der Waals surface area contributed by atoms with Crippen LogP contribution in [0.1, 0.15) is 44.9 Å². The maximum absolute atomic E-state index is 12.8. The molecule has 10 heteroatoms. The van der Waals surface area contributed by atoms with Gasteiger partial charge in [0.05, 0.1) is 9.82 Å². The number of fused-ring (bicyclic) bond motifs is 2. The molecule has 0 aliphatic heterocycles. The van der Waals surface area contributed by atoms with Crippen molar-refractivity contribution < 1.29 is 52.8 Å². The van der Waals surface area contributed by atoms with Crippen molar-refractivity contribution in [1.82, 2.24) is 4.72 Å². The molecule has 158 valence electrons. The molecule has 3 rings (SSSR count). The zero-order valence-electron chi connectivity index (χ0n) is 17.0. The van der Waals surface area contributed by atoms with Gasteiger partial charge in [0, 0.05) is 24.1 Å². The van der Waals surface area contributed by atoms with Crippen LogP contribution >= 0.6 is 0 Å². The molecule has 2 aliphatic carbocycles. The first kappa shape index (κ1) is 25.0. The summed E-state index contributed by atoms with van der Waals surface area (Å²) in [6, 6.07) is 4.77. The molecule has 0 radical (unpaired) electrons. The summed E-state index contributed by atoms with van der Waals surface area (Å²) in [4.78, 5) is 20.7. The number of nitro benzene ring substituents is 1. The summed E-state index contributed by atoms with van der Waals surface area (Å²) in [5.74, 6) is -0.0482. The molecule has 2 aliphatic rings. The van der Waals surface area contributed by atoms with E-state index in [1.165, 1.54) is 24.3 Å². The Morgan fingerprint density at radius 1 is 1.17 bits per heavy atom. The molecule has 8 nitrogen and oxygen atoms in total. The van der Waals surface area contributed by atoms with Gasteiger partial charge in [-0.05, 0) is 74.8 Å². The molecule has 0 amide bonds. The van der Waals surface area contributed by atoms with Gasteiger partial charge < -0.3 is 9.90 Å². The number of unbranched alkanes of at least 4 members (excludes halogenated alkanes) is 1. The summed E-state index contributed by atoms with van der Waals surface area (Å²) >= 11 is 0. The number of carbonyl (C=O) groups excluding carboxylic acids is 1. The van der Waals surface area contributed by atoms with Crippen LogP contribution < -0.4 is 39.4 Å². The molecule has 30 heavy (non-hydrogen) atoms. The van der Waals surface area contributed by atoms with Gasteiger partial charge in [0.25, 0.3) is 5.69 Å². The molecular formula is C20H25N2NaO6S. The second-order valence-corrected chi connectivity index (χ2v) is 9.58. The number of rotatable bonds is 10. The van der Waals surface area contributed by atoms with E-state index in [1.807, 2.05) is 12.2 Å². The van der Waals surface area contributed by atoms with E-state index >= 15 is 0 Å². The zero-order chi connectivity index (χ0) is 21.0. The van der Waals surface area contributed by atoms with E-state index in [4.69, 9.17) is 0 Å². The number of non-ortho nitro benzene ring substituents is 1. The number of carboxylic acids is 1. The second-order valence-electron chi connectivity index (χ2n) is 7.87. The minimum atomic E-state index is -3.76. The van der Waals surface area contributed by atoms with Crippen molar-refractivity contribution in [2.45, 2.75) is 55.9 Å². The first-order chi connectivity index (χ1) is 13.8. The first-order valence-electron chi connectivity index (χ1n) is 9.89. The van der Waals surface area contributed by atoms with Crippen molar-refractivity contribution in [1.29, 1.82) is 0 Å². The van der Waals surface area contributed by atoms with E-state index in [0.717, 1.165) is 25.7 Å². The molecule has 1 unspecified atom stereocenters. The van der Waals surface area contributed by atoms with Crippen LogP contribution in [0.15, 0.2) is 41.3 Å². The average Bonchev–Trinajstić information content (AvgIpc) is 3.26. The number of allylic oxidation sites excluding steroid dienone is 2. The molecule has 2 fully saturated rings. The van der Waals surface area contributed by atoms with E-state index in [1.54, 1.807) is 0 Å². The number of benzene rings is 1. The number of carboxylic acid groups (broad SMARTS) is 1. The molecule has 4 atom stereocenters. The van der Waals surface area contributed by atoms with Crippen LogP contribution in [0.3, 0.4) is 0 Å². The Hall–Kier alpha value is -1.26. The van der Waals surface area contributed by atoms with Gasteiger partial charge in [-0.15, -0.1) is 0 Å². The maximum Gasteiger partial charge on any atom is 1.00 e. The topological polar surface area (TPSA) is 129 Å². The van der Waals surface area contributed by atoms with Gasteiger partial charge in [-0.1, -0.05) is 12.2 Å². The minimum absolute atomic E-state index is 0. The van der Waals surface area contributed by atoms with Crippen molar-refractivity contribution in [3.8, 4) is 0 Å². The number of hydrogen-bond acceptors (Lipinski definition) is 6. The summed E-state index contributed by atoms with van der Waals surface area (Å²) in [5.41, 5.74) is -0.148. The molecule has 1 aromatic carbocycles. The fraction of sp³-hybridized carbons (Fsp3) is 0.550. The predicted molar refractivity (Wildman–Crippen MR) is 104 cm³/mol. The Bertz CT molecular complexity index is 887. The Balaban J connectivity index is 0.00000320. The van der Waals surface area contributed by atoms with E-state index in [-0.39, 0.29) is 58.5 Å². The third-order valence-corrected chi connectivity index (χ3v) is 7.54. The van der Waals surface area contributed by atoms with Crippen LogP contribution in [0.25, 0.3) is 0 Å². The van der Waals surface area contributed by atoms with Gasteiger partial charge >= 0.3 is 29.6 Å². The monoisotopic (exact) mass is 444 g/mol. The number of nitro groups is 1. The smallest absolute Gasteiger partial charge is 0.550 e. The summed E-state index contributed by atoms with van der Waals surface area (Å²) < 4.78 is 28.5. The number of sulfonamides is 1. The van der Waals surface area contributed by atoms with Gasteiger partial charge in [-0.25, -0.2) is 13.1 Å². The van der Waals surface area contributed by atoms with E-state index in [9.17, 15) is 28.4 Å². The SMILES string of the molecule is O=C([O-])CCC/C=C\C[C@H]1[C@@H]2CCC(C2)[C@@H]1NS(=O)(=O)c1ccc([N+](=O)[O-])cc1.[Na+]. The van der Waals surface area contributed by atoms with Crippen molar-refractivity contribution in [3.05, 3.63) is 46.5 Å². The third kappa shape index (κ3) is 6.13. The van der Waals surface area contributed by atoms with Crippen LogP contribution in [0.2, 0.25) is 0 Å². The number of hydrogen-bond donors (Lipinski definition) is 1. The van der Waals surface area contributed by atoms with Crippen LogP contribution in [0, 0.1) is 27.9 Å². The van der Waals surface area contributed by atoms with Crippen LogP contribution in [-0.2, 0) is 14.8 Å². The minimum Gasteiger partial charge on any atom is -0.550 e. The van der Waals surface area contributed by atoms with Crippen LogP contribution in [0.5, 0.6) is 0 Å². The van der Waals surface area contributed by atoms with Crippen molar-refractivity contribution in [2.75, 3.05) is 0 Å². The van der Waals surface area contributed by atoms with Gasteiger partial charge in [-0.2, -0.15) is 0 Å². The molecule has 2 saturated carbocycles. The van der Waals surface area contributed by atoms with Gasteiger partial charge in [0.15, 0.2) is 0 Å². The molecule has 1 N–H and O–H groups in total. The fourth-order valence-electron chi connectivity index (χ4n) is 4.66. The largest absolute Gasteiger partial charge is 1.00 e. The van der Waals surface area contributed by atoms with E-state index in [2.05, 4.69) is 4.72 Å². The van der Waals surface area contributed by atoms with Crippen LogP contribution in [0.4, 0.5) is 5.69 Å². The Labute approximate surface area is 198 Å². The fourth-order valence-corrected chi connectivity index (χ4v) is 6.02. The summed E-state index contributed by atoms with van der Waals surface area (Å²) in [6.07, 6.45) is 9.07. The van der Waals surface area contributed by atoms with Crippen molar-refractivity contribution >= 4 is 21.7 Å². The normalized spacial score (nSPS) is 25.3. The maximum atomic E-state index is 12.8. The number of aliphatic carboxylic acids is 1. The Kier molecular flexibility index (Phi) is 9.05. The molecule has 0 spiro atoms. The number of nitrogens with one attached hydrogen (secondary N) is 1. The second kappa shape index (κ2) is 10.9. The molecule has 1 aromatic rings. The molecular weight excluding hydrogens is 419 g/mol. The van der Waals surface area contributed by atoms with Crippen LogP contribution in [-0.4, -0.2) is 25.4 Å². The molecule has 0 heterocycles.